The lowest BCUT2D eigenvalue weighted by Gasteiger charge is -2.12. The minimum absolute atomic E-state index is 0.304. The molecular formula is C22H18ClN3O3S. The maximum atomic E-state index is 12.8. The Kier molecular flexibility index (Phi) is 5.65. The first kappa shape index (κ1) is 20.3. The standard InChI is InChI=1S/C22H18ClN3O3S/c1-2-25-12-14(17-5-3-4-6-18(17)25)11-19-21(28)26(22(29)30-19)13-20(27)24-16-9-7-15(23)8-10-16/h3-12H,2,13H2,1H3,(H,24,27)/b19-11+. The second-order valence-electron chi connectivity index (χ2n) is 6.71. The van der Waals surface area contributed by atoms with Gasteiger partial charge < -0.3 is 9.88 Å². The van der Waals surface area contributed by atoms with Crippen LogP contribution in [-0.2, 0) is 16.1 Å². The third-order valence-electron chi connectivity index (χ3n) is 4.75. The summed E-state index contributed by atoms with van der Waals surface area (Å²) < 4.78 is 2.09. The highest BCUT2D eigenvalue weighted by Gasteiger charge is 2.36. The Hall–Kier alpha value is -3.03. The first-order chi connectivity index (χ1) is 14.5. The summed E-state index contributed by atoms with van der Waals surface area (Å²) in [6, 6.07) is 14.5. The smallest absolute Gasteiger partial charge is 0.294 e. The Labute approximate surface area is 182 Å². The first-order valence-corrected chi connectivity index (χ1v) is 10.5. The van der Waals surface area contributed by atoms with Gasteiger partial charge in [-0.2, -0.15) is 0 Å². The molecule has 6 nitrogen and oxygen atoms in total. The van der Waals surface area contributed by atoms with Gasteiger partial charge in [0, 0.05) is 39.9 Å². The van der Waals surface area contributed by atoms with Crippen LogP contribution in [0.4, 0.5) is 10.5 Å². The topological polar surface area (TPSA) is 71.4 Å². The van der Waals surface area contributed by atoms with Crippen molar-refractivity contribution < 1.29 is 14.4 Å². The van der Waals surface area contributed by atoms with E-state index in [0.717, 1.165) is 39.7 Å². The molecule has 1 N–H and O–H groups in total. The molecule has 0 saturated carbocycles. The van der Waals surface area contributed by atoms with Crippen LogP contribution in [0.1, 0.15) is 12.5 Å². The summed E-state index contributed by atoms with van der Waals surface area (Å²) in [7, 11) is 0. The third-order valence-corrected chi connectivity index (χ3v) is 5.91. The molecule has 1 fully saturated rings. The van der Waals surface area contributed by atoms with Gasteiger partial charge in [0.15, 0.2) is 0 Å². The Morgan fingerprint density at radius 2 is 1.87 bits per heavy atom. The van der Waals surface area contributed by atoms with Gasteiger partial charge in [0.2, 0.25) is 5.91 Å². The average Bonchev–Trinajstić information content (AvgIpc) is 3.22. The third kappa shape index (κ3) is 3.99. The number of hydrogen-bond donors (Lipinski definition) is 1. The molecule has 0 atom stereocenters. The van der Waals surface area contributed by atoms with E-state index in [1.807, 2.05) is 37.4 Å². The van der Waals surface area contributed by atoms with Gasteiger partial charge in [-0.25, -0.2) is 0 Å². The van der Waals surface area contributed by atoms with Crippen molar-refractivity contribution in [3.05, 3.63) is 70.2 Å². The number of hydrogen-bond acceptors (Lipinski definition) is 4. The first-order valence-electron chi connectivity index (χ1n) is 9.35. The molecule has 1 saturated heterocycles. The van der Waals surface area contributed by atoms with Gasteiger partial charge in [-0.15, -0.1) is 0 Å². The molecule has 0 bridgehead atoms. The number of anilines is 1. The van der Waals surface area contributed by atoms with Gasteiger partial charge in [0.1, 0.15) is 6.54 Å². The van der Waals surface area contributed by atoms with E-state index in [1.165, 1.54) is 0 Å². The lowest BCUT2D eigenvalue weighted by Crippen LogP contribution is -2.36. The number of imide groups is 1. The number of halogens is 1. The van der Waals surface area contributed by atoms with E-state index < -0.39 is 17.1 Å². The predicted octanol–water partition coefficient (Wildman–Crippen LogP) is 4.99. The molecule has 0 unspecified atom stereocenters. The summed E-state index contributed by atoms with van der Waals surface area (Å²) in [6.45, 7) is 2.49. The number of rotatable bonds is 5. The minimum atomic E-state index is -0.468. The monoisotopic (exact) mass is 439 g/mol. The molecule has 4 rings (SSSR count). The Morgan fingerprint density at radius 1 is 1.13 bits per heavy atom. The second kappa shape index (κ2) is 8.38. The van der Waals surface area contributed by atoms with Crippen molar-refractivity contribution in [2.24, 2.45) is 0 Å². The van der Waals surface area contributed by atoms with Crippen LogP contribution in [-0.4, -0.2) is 33.1 Å². The number of fused-ring (bicyclic) bond motifs is 1. The molecule has 0 radical (unpaired) electrons. The van der Waals surface area contributed by atoms with Crippen LogP contribution in [0.25, 0.3) is 17.0 Å². The van der Waals surface area contributed by atoms with Crippen molar-refractivity contribution in [1.29, 1.82) is 0 Å². The molecule has 1 aromatic heterocycles. The summed E-state index contributed by atoms with van der Waals surface area (Å²) in [5, 5.41) is 3.76. The highest BCUT2D eigenvalue weighted by atomic mass is 35.5. The largest absolute Gasteiger partial charge is 0.347 e. The van der Waals surface area contributed by atoms with Crippen molar-refractivity contribution in [3.8, 4) is 0 Å². The Bertz CT molecular complexity index is 1180. The van der Waals surface area contributed by atoms with E-state index in [-0.39, 0.29) is 6.54 Å². The number of aryl methyl sites for hydroxylation is 1. The number of amides is 3. The average molecular weight is 440 g/mol. The number of nitrogens with zero attached hydrogens (tertiary/aromatic N) is 2. The zero-order valence-corrected chi connectivity index (χ0v) is 17.7. The van der Waals surface area contributed by atoms with Crippen LogP contribution in [0.2, 0.25) is 5.02 Å². The lowest BCUT2D eigenvalue weighted by atomic mass is 10.1. The van der Waals surface area contributed by atoms with E-state index in [9.17, 15) is 14.4 Å². The normalized spacial score (nSPS) is 15.4. The summed E-state index contributed by atoms with van der Waals surface area (Å²) in [5.41, 5.74) is 2.47. The van der Waals surface area contributed by atoms with Gasteiger partial charge in [-0.3, -0.25) is 19.3 Å². The molecule has 8 heteroatoms. The summed E-state index contributed by atoms with van der Waals surface area (Å²) in [6.07, 6.45) is 3.68. The van der Waals surface area contributed by atoms with Crippen LogP contribution in [0.5, 0.6) is 0 Å². The Morgan fingerprint density at radius 3 is 2.60 bits per heavy atom. The number of nitrogens with one attached hydrogen (secondary N) is 1. The van der Waals surface area contributed by atoms with Gasteiger partial charge in [-0.05, 0) is 55.1 Å². The fourth-order valence-corrected chi connectivity index (χ4v) is 4.26. The summed E-state index contributed by atoms with van der Waals surface area (Å²) in [5.74, 6) is -0.923. The fourth-order valence-electron chi connectivity index (χ4n) is 3.31. The lowest BCUT2D eigenvalue weighted by molar-refractivity contribution is -0.127. The van der Waals surface area contributed by atoms with Gasteiger partial charge in [0.25, 0.3) is 11.1 Å². The van der Waals surface area contributed by atoms with Crippen molar-refractivity contribution in [1.82, 2.24) is 9.47 Å². The molecular weight excluding hydrogens is 422 g/mol. The van der Waals surface area contributed by atoms with Crippen molar-refractivity contribution >= 4 is 63.1 Å². The molecule has 30 heavy (non-hydrogen) atoms. The molecule has 3 aromatic rings. The van der Waals surface area contributed by atoms with Gasteiger partial charge in [-0.1, -0.05) is 29.8 Å². The number of para-hydroxylation sites is 1. The SMILES string of the molecule is CCn1cc(/C=C2/SC(=O)N(CC(=O)Nc3ccc(Cl)cc3)C2=O)c2ccccc21. The highest BCUT2D eigenvalue weighted by molar-refractivity contribution is 8.18. The molecule has 1 aliphatic heterocycles. The fraction of sp³-hybridized carbons (Fsp3) is 0.136. The van der Waals surface area contributed by atoms with Crippen molar-refractivity contribution in [2.75, 3.05) is 11.9 Å². The summed E-state index contributed by atoms with van der Waals surface area (Å²) >= 11 is 6.68. The second-order valence-corrected chi connectivity index (χ2v) is 8.14. The molecule has 0 aliphatic carbocycles. The van der Waals surface area contributed by atoms with Crippen LogP contribution in [0.15, 0.2) is 59.6 Å². The molecule has 2 heterocycles. The van der Waals surface area contributed by atoms with E-state index in [1.54, 1.807) is 30.3 Å². The van der Waals surface area contributed by atoms with E-state index in [2.05, 4.69) is 9.88 Å². The maximum absolute atomic E-state index is 12.8. The molecule has 1 aliphatic rings. The van der Waals surface area contributed by atoms with Crippen LogP contribution in [0.3, 0.4) is 0 Å². The quantitative estimate of drug-likeness (QED) is 0.568. The highest BCUT2D eigenvalue weighted by Crippen LogP contribution is 2.34. The predicted molar refractivity (Wildman–Crippen MR) is 120 cm³/mol. The van der Waals surface area contributed by atoms with Crippen LogP contribution >= 0.6 is 23.4 Å². The zero-order valence-electron chi connectivity index (χ0n) is 16.1. The molecule has 2 aromatic carbocycles. The van der Waals surface area contributed by atoms with E-state index in [4.69, 9.17) is 11.6 Å². The maximum Gasteiger partial charge on any atom is 0.294 e. The summed E-state index contributed by atoms with van der Waals surface area (Å²) in [4.78, 5) is 38.7. The number of thioether (sulfide) groups is 1. The molecule has 0 spiro atoms. The van der Waals surface area contributed by atoms with E-state index >= 15 is 0 Å². The van der Waals surface area contributed by atoms with Gasteiger partial charge >= 0.3 is 0 Å². The van der Waals surface area contributed by atoms with Crippen LogP contribution in [0, 0.1) is 0 Å². The van der Waals surface area contributed by atoms with E-state index in [0.29, 0.717) is 15.6 Å². The zero-order chi connectivity index (χ0) is 21.3. The van der Waals surface area contributed by atoms with Crippen molar-refractivity contribution in [2.45, 2.75) is 13.5 Å². The molecule has 3 amide bonds. The molecule has 152 valence electrons. The number of carbonyl (C=O) groups excluding carboxylic acids is 3. The van der Waals surface area contributed by atoms with Gasteiger partial charge in [0.05, 0.1) is 4.91 Å². The number of benzene rings is 2. The number of carbonyl (C=O) groups is 3. The Balaban J connectivity index is 1.53. The van der Waals surface area contributed by atoms with Crippen molar-refractivity contribution in [3.63, 3.8) is 0 Å². The number of aromatic nitrogens is 1. The minimum Gasteiger partial charge on any atom is -0.347 e. The van der Waals surface area contributed by atoms with Crippen LogP contribution < -0.4 is 5.32 Å².